The molecule has 3 nitrogen and oxygen atoms in total. The van der Waals surface area contributed by atoms with Crippen LogP contribution in [0.1, 0.15) is 11.1 Å². The van der Waals surface area contributed by atoms with Crippen molar-refractivity contribution in [3.05, 3.63) is 61.7 Å². The maximum atomic E-state index is 11.6. The molecule has 1 aromatic carbocycles. The van der Waals surface area contributed by atoms with Crippen LogP contribution in [-0.2, 0) is 6.42 Å². The summed E-state index contributed by atoms with van der Waals surface area (Å²) in [5, 5.41) is 0.665. The Hall–Kier alpha value is -1.39. The van der Waals surface area contributed by atoms with Crippen molar-refractivity contribution in [3.8, 4) is 0 Å². The second-order valence-corrected chi connectivity index (χ2v) is 4.25. The summed E-state index contributed by atoms with van der Waals surface area (Å²) in [6.45, 7) is 0. The van der Waals surface area contributed by atoms with Crippen molar-refractivity contribution in [3.63, 3.8) is 0 Å². The van der Waals surface area contributed by atoms with Gasteiger partial charge in [0.15, 0.2) is 4.77 Å². The Balaban J connectivity index is 2.34. The minimum atomic E-state index is -0.163. The van der Waals surface area contributed by atoms with Gasteiger partial charge in [0.2, 0.25) is 0 Å². The SMILES string of the molecule is O=c1[nH]c(=S)[nH]cc1Cc1cccc(Cl)c1. The van der Waals surface area contributed by atoms with E-state index in [1.165, 1.54) is 0 Å². The van der Waals surface area contributed by atoms with Crippen LogP contribution < -0.4 is 5.56 Å². The highest BCUT2D eigenvalue weighted by Gasteiger charge is 2.01. The molecule has 0 aliphatic heterocycles. The number of rotatable bonds is 2. The first kappa shape index (κ1) is 11.1. The average Bonchev–Trinajstić information content (AvgIpc) is 2.22. The molecule has 0 unspecified atom stereocenters. The van der Waals surface area contributed by atoms with E-state index in [4.69, 9.17) is 23.8 Å². The molecule has 2 aromatic rings. The maximum Gasteiger partial charge on any atom is 0.255 e. The fourth-order valence-corrected chi connectivity index (χ4v) is 1.80. The third-order valence-electron chi connectivity index (χ3n) is 2.18. The third-order valence-corrected chi connectivity index (χ3v) is 2.63. The molecule has 0 saturated heterocycles. The summed E-state index contributed by atoms with van der Waals surface area (Å²) in [6.07, 6.45) is 2.16. The standard InChI is InChI=1S/C11H9ClN2OS/c12-9-3-1-2-7(5-9)4-8-6-13-11(16)14-10(8)15/h1-3,5-6H,4H2,(H2,13,14,15,16). The Labute approximate surface area is 102 Å². The van der Waals surface area contributed by atoms with Crippen LogP contribution >= 0.6 is 23.8 Å². The van der Waals surface area contributed by atoms with Crippen molar-refractivity contribution in [2.24, 2.45) is 0 Å². The minimum Gasteiger partial charge on any atom is -0.338 e. The highest BCUT2D eigenvalue weighted by molar-refractivity contribution is 7.71. The third kappa shape index (κ3) is 2.59. The maximum absolute atomic E-state index is 11.6. The van der Waals surface area contributed by atoms with Crippen LogP contribution in [0.25, 0.3) is 0 Å². The van der Waals surface area contributed by atoms with E-state index < -0.39 is 0 Å². The Morgan fingerprint density at radius 2 is 2.19 bits per heavy atom. The van der Waals surface area contributed by atoms with E-state index in [1.54, 1.807) is 12.3 Å². The number of halogens is 1. The minimum absolute atomic E-state index is 0.163. The quantitative estimate of drug-likeness (QED) is 0.808. The van der Waals surface area contributed by atoms with Crippen molar-refractivity contribution in [2.45, 2.75) is 6.42 Å². The van der Waals surface area contributed by atoms with Crippen LogP contribution in [0.3, 0.4) is 0 Å². The predicted molar refractivity (Wildman–Crippen MR) is 66.5 cm³/mol. The van der Waals surface area contributed by atoms with Crippen LogP contribution in [0.5, 0.6) is 0 Å². The summed E-state index contributed by atoms with van der Waals surface area (Å²) < 4.78 is 0.333. The van der Waals surface area contributed by atoms with Gasteiger partial charge < -0.3 is 4.98 Å². The zero-order valence-corrected chi connectivity index (χ0v) is 9.86. The highest BCUT2D eigenvalue weighted by Crippen LogP contribution is 2.12. The Bertz CT molecular complexity index is 618. The summed E-state index contributed by atoms with van der Waals surface area (Å²) >= 11 is 10.7. The summed E-state index contributed by atoms with van der Waals surface area (Å²) in [6, 6.07) is 7.42. The zero-order valence-electron chi connectivity index (χ0n) is 8.29. The molecule has 0 aliphatic rings. The lowest BCUT2D eigenvalue weighted by Gasteiger charge is -2.01. The number of aromatic nitrogens is 2. The van der Waals surface area contributed by atoms with Gasteiger partial charge in [0.1, 0.15) is 0 Å². The van der Waals surface area contributed by atoms with E-state index in [0.717, 1.165) is 5.56 Å². The van der Waals surface area contributed by atoms with E-state index in [-0.39, 0.29) is 5.56 Å². The molecule has 2 rings (SSSR count). The molecular formula is C11H9ClN2OS. The second-order valence-electron chi connectivity index (χ2n) is 3.40. The lowest BCUT2D eigenvalue weighted by Crippen LogP contribution is -2.13. The smallest absolute Gasteiger partial charge is 0.255 e. The molecule has 0 bridgehead atoms. The van der Waals surface area contributed by atoms with E-state index >= 15 is 0 Å². The monoisotopic (exact) mass is 252 g/mol. The van der Waals surface area contributed by atoms with Crippen molar-refractivity contribution in [1.82, 2.24) is 9.97 Å². The summed E-state index contributed by atoms with van der Waals surface area (Å²) in [7, 11) is 0. The fraction of sp³-hybridized carbons (Fsp3) is 0.0909. The summed E-state index contributed by atoms with van der Waals surface area (Å²) in [4.78, 5) is 16.9. The van der Waals surface area contributed by atoms with Gasteiger partial charge in [0, 0.05) is 23.2 Å². The Morgan fingerprint density at radius 1 is 1.38 bits per heavy atom. The normalized spacial score (nSPS) is 10.3. The molecule has 16 heavy (non-hydrogen) atoms. The van der Waals surface area contributed by atoms with Gasteiger partial charge in [0.05, 0.1) is 0 Å². The van der Waals surface area contributed by atoms with Gasteiger partial charge in [-0.25, -0.2) is 0 Å². The van der Waals surface area contributed by atoms with Crippen LogP contribution in [0.4, 0.5) is 0 Å². The van der Waals surface area contributed by atoms with Crippen LogP contribution in [-0.4, -0.2) is 9.97 Å². The molecule has 2 N–H and O–H groups in total. The van der Waals surface area contributed by atoms with Crippen molar-refractivity contribution in [2.75, 3.05) is 0 Å². The predicted octanol–water partition coefficient (Wildman–Crippen LogP) is 2.68. The lowest BCUT2D eigenvalue weighted by molar-refractivity contribution is 1.01. The molecule has 0 radical (unpaired) electrons. The van der Waals surface area contributed by atoms with Crippen molar-refractivity contribution in [1.29, 1.82) is 0 Å². The number of H-pyrrole nitrogens is 2. The molecule has 82 valence electrons. The van der Waals surface area contributed by atoms with Crippen LogP contribution in [0.15, 0.2) is 35.3 Å². The average molecular weight is 253 g/mol. The molecular weight excluding hydrogens is 244 g/mol. The first-order valence-electron chi connectivity index (χ1n) is 4.70. The summed E-state index contributed by atoms with van der Waals surface area (Å²) in [5.74, 6) is 0. The van der Waals surface area contributed by atoms with Gasteiger partial charge in [-0.3, -0.25) is 9.78 Å². The van der Waals surface area contributed by atoms with Crippen LogP contribution in [0.2, 0.25) is 5.02 Å². The van der Waals surface area contributed by atoms with E-state index in [9.17, 15) is 4.79 Å². The first-order valence-corrected chi connectivity index (χ1v) is 5.49. The number of nitrogens with one attached hydrogen (secondary N) is 2. The zero-order chi connectivity index (χ0) is 11.5. The lowest BCUT2D eigenvalue weighted by atomic mass is 10.1. The number of hydrogen-bond donors (Lipinski definition) is 2. The van der Waals surface area contributed by atoms with Gasteiger partial charge in [-0.1, -0.05) is 23.7 Å². The largest absolute Gasteiger partial charge is 0.338 e. The van der Waals surface area contributed by atoms with Gasteiger partial charge in [-0.15, -0.1) is 0 Å². The van der Waals surface area contributed by atoms with Gasteiger partial charge in [-0.2, -0.15) is 0 Å². The van der Waals surface area contributed by atoms with Crippen LogP contribution in [0, 0.1) is 4.77 Å². The molecule has 0 amide bonds. The number of benzene rings is 1. The molecule has 0 spiro atoms. The number of aromatic amines is 2. The fourth-order valence-electron chi connectivity index (χ4n) is 1.44. The molecule has 0 saturated carbocycles. The Kier molecular flexibility index (Phi) is 3.22. The first-order chi connectivity index (χ1) is 7.65. The van der Waals surface area contributed by atoms with Crippen molar-refractivity contribution < 1.29 is 0 Å². The van der Waals surface area contributed by atoms with Gasteiger partial charge >= 0.3 is 0 Å². The van der Waals surface area contributed by atoms with Gasteiger partial charge in [-0.05, 0) is 29.9 Å². The molecule has 1 heterocycles. The molecule has 1 aromatic heterocycles. The Morgan fingerprint density at radius 3 is 2.88 bits per heavy atom. The molecule has 5 heteroatoms. The summed E-state index contributed by atoms with van der Waals surface area (Å²) in [5.41, 5.74) is 1.46. The topological polar surface area (TPSA) is 48.6 Å². The molecule has 0 atom stereocenters. The number of hydrogen-bond acceptors (Lipinski definition) is 2. The van der Waals surface area contributed by atoms with E-state index in [2.05, 4.69) is 9.97 Å². The van der Waals surface area contributed by atoms with Gasteiger partial charge in [0.25, 0.3) is 5.56 Å². The van der Waals surface area contributed by atoms with E-state index in [0.29, 0.717) is 21.8 Å². The van der Waals surface area contributed by atoms with Crippen molar-refractivity contribution >= 4 is 23.8 Å². The second kappa shape index (κ2) is 4.63. The van der Waals surface area contributed by atoms with E-state index in [1.807, 2.05) is 18.2 Å². The molecule has 0 aliphatic carbocycles. The molecule has 0 fully saturated rings. The highest BCUT2D eigenvalue weighted by atomic mass is 35.5.